The van der Waals surface area contributed by atoms with E-state index in [1.807, 2.05) is 83.1 Å². The third-order valence-corrected chi connectivity index (χ3v) is 4.56. The number of pyridine rings is 1. The van der Waals surface area contributed by atoms with Gasteiger partial charge in [0.2, 0.25) is 0 Å². The van der Waals surface area contributed by atoms with E-state index in [-0.39, 0.29) is 18.1 Å². The van der Waals surface area contributed by atoms with Gasteiger partial charge in [-0.2, -0.15) is 0 Å². The van der Waals surface area contributed by atoms with Crippen LogP contribution in [-0.2, 0) is 4.74 Å². The van der Waals surface area contributed by atoms with Crippen LogP contribution >= 0.6 is 0 Å². The number of benzene rings is 2. The first-order valence-corrected chi connectivity index (χ1v) is 10.1. The molecule has 0 fully saturated rings. The van der Waals surface area contributed by atoms with Gasteiger partial charge in [-0.15, -0.1) is 0 Å². The monoisotopic (exact) mass is 404 g/mol. The maximum absolute atomic E-state index is 12.8. The minimum Gasteiger partial charge on any atom is -0.457 e. The van der Waals surface area contributed by atoms with E-state index in [0.29, 0.717) is 22.7 Å². The van der Waals surface area contributed by atoms with Gasteiger partial charge in [0.25, 0.3) is 5.91 Å². The molecule has 5 nitrogen and oxygen atoms in total. The highest BCUT2D eigenvalue weighted by atomic mass is 16.5. The maximum Gasteiger partial charge on any atom is 0.257 e. The van der Waals surface area contributed by atoms with E-state index in [2.05, 4.69) is 10.3 Å². The number of rotatable bonds is 7. The summed E-state index contributed by atoms with van der Waals surface area (Å²) >= 11 is 0. The number of amides is 1. The second-order valence-corrected chi connectivity index (χ2v) is 7.60. The second kappa shape index (κ2) is 9.55. The molecule has 1 aromatic heterocycles. The van der Waals surface area contributed by atoms with Crippen LogP contribution < -0.4 is 10.1 Å². The summed E-state index contributed by atoms with van der Waals surface area (Å²) in [5, 5.41) is 2.93. The SMILES string of the molecule is Cc1cccc(Oc2cccc(NC(=O)c3ccc(C(C)OC(C)C)nc3C)c2)c1. The first kappa shape index (κ1) is 21.5. The quantitative estimate of drug-likeness (QED) is 0.507. The van der Waals surface area contributed by atoms with Crippen molar-refractivity contribution in [3.05, 3.63) is 83.2 Å². The summed E-state index contributed by atoms with van der Waals surface area (Å²) in [6.07, 6.45) is -0.0179. The highest BCUT2D eigenvalue weighted by Gasteiger charge is 2.15. The van der Waals surface area contributed by atoms with E-state index in [9.17, 15) is 4.79 Å². The van der Waals surface area contributed by atoms with E-state index in [1.54, 1.807) is 12.1 Å². The second-order valence-electron chi connectivity index (χ2n) is 7.60. The van der Waals surface area contributed by atoms with Crippen LogP contribution in [0.5, 0.6) is 11.5 Å². The summed E-state index contributed by atoms with van der Waals surface area (Å²) in [5.41, 5.74) is 3.78. The van der Waals surface area contributed by atoms with Crippen LogP contribution in [0.3, 0.4) is 0 Å². The standard InChI is InChI=1S/C25H28N2O3/c1-16(2)29-19(5)24-13-12-23(18(4)26-24)25(28)27-20-9-7-11-22(15-20)30-21-10-6-8-17(3)14-21/h6-16,19H,1-5H3,(H,27,28). The van der Waals surface area contributed by atoms with Gasteiger partial charge in [-0.1, -0.05) is 18.2 Å². The van der Waals surface area contributed by atoms with Gasteiger partial charge in [-0.3, -0.25) is 9.78 Å². The number of anilines is 1. The Morgan fingerprint density at radius 1 is 0.933 bits per heavy atom. The van der Waals surface area contributed by atoms with E-state index >= 15 is 0 Å². The number of carbonyl (C=O) groups is 1. The molecule has 30 heavy (non-hydrogen) atoms. The van der Waals surface area contributed by atoms with Crippen molar-refractivity contribution in [2.24, 2.45) is 0 Å². The molecule has 3 aromatic rings. The summed E-state index contributed by atoms with van der Waals surface area (Å²) < 4.78 is 11.7. The lowest BCUT2D eigenvalue weighted by Gasteiger charge is -2.17. The first-order chi connectivity index (χ1) is 14.3. The van der Waals surface area contributed by atoms with Gasteiger partial charge < -0.3 is 14.8 Å². The van der Waals surface area contributed by atoms with Crippen LogP contribution in [0.4, 0.5) is 5.69 Å². The number of aryl methyl sites for hydroxylation is 2. The van der Waals surface area contributed by atoms with Crippen LogP contribution in [0.2, 0.25) is 0 Å². The Kier molecular flexibility index (Phi) is 6.85. The molecule has 1 atom stereocenters. The summed E-state index contributed by atoms with van der Waals surface area (Å²) in [4.78, 5) is 17.3. The molecule has 0 bridgehead atoms. The molecule has 156 valence electrons. The Labute approximate surface area is 178 Å². The molecule has 1 unspecified atom stereocenters. The zero-order chi connectivity index (χ0) is 21.7. The molecule has 1 heterocycles. The van der Waals surface area contributed by atoms with Crippen molar-refractivity contribution < 1.29 is 14.3 Å². The van der Waals surface area contributed by atoms with Gasteiger partial charge in [-0.25, -0.2) is 0 Å². The van der Waals surface area contributed by atoms with Crippen molar-refractivity contribution in [2.45, 2.75) is 46.8 Å². The maximum atomic E-state index is 12.8. The predicted molar refractivity (Wildman–Crippen MR) is 119 cm³/mol. The lowest BCUT2D eigenvalue weighted by atomic mass is 10.1. The number of nitrogens with zero attached hydrogens (tertiary/aromatic N) is 1. The molecule has 0 aliphatic carbocycles. The van der Waals surface area contributed by atoms with Gasteiger partial charge in [0.05, 0.1) is 29.2 Å². The van der Waals surface area contributed by atoms with Gasteiger partial charge in [0.15, 0.2) is 0 Å². The molecule has 0 saturated carbocycles. The topological polar surface area (TPSA) is 60.5 Å². The number of nitrogens with one attached hydrogen (secondary N) is 1. The number of hydrogen-bond acceptors (Lipinski definition) is 4. The molecule has 3 rings (SSSR count). The van der Waals surface area contributed by atoms with Gasteiger partial charge in [0, 0.05) is 11.8 Å². The third kappa shape index (κ3) is 5.67. The highest BCUT2D eigenvalue weighted by Crippen LogP contribution is 2.25. The van der Waals surface area contributed by atoms with Crippen molar-refractivity contribution in [1.29, 1.82) is 0 Å². The Hall–Kier alpha value is -3.18. The zero-order valence-corrected chi connectivity index (χ0v) is 18.1. The smallest absolute Gasteiger partial charge is 0.257 e. The summed E-state index contributed by atoms with van der Waals surface area (Å²) in [6, 6.07) is 18.8. The normalized spacial score (nSPS) is 11.9. The molecule has 1 amide bonds. The van der Waals surface area contributed by atoms with Crippen LogP contribution in [-0.4, -0.2) is 17.0 Å². The summed E-state index contributed by atoms with van der Waals surface area (Å²) in [7, 11) is 0. The lowest BCUT2D eigenvalue weighted by Crippen LogP contribution is -2.16. The molecule has 2 aromatic carbocycles. The Morgan fingerprint density at radius 2 is 1.63 bits per heavy atom. The number of aromatic nitrogens is 1. The van der Waals surface area contributed by atoms with Crippen LogP contribution in [0, 0.1) is 13.8 Å². The summed E-state index contributed by atoms with van der Waals surface area (Å²) in [5.74, 6) is 1.20. The van der Waals surface area contributed by atoms with Crippen molar-refractivity contribution in [1.82, 2.24) is 4.98 Å². The average Bonchev–Trinajstić information content (AvgIpc) is 2.67. The van der Waals surface area contributed by atoms with Gasteiger partial charge >= 0.3 is 0 Å². The van der Waals surface area contributed by atoms with Crippen molar-refractivity contribution >= 4 is 11.6 Å². The van der Waals surface area contributed by atoms with E-state index in [1.165, 1.54) is 0 Å². The minimum atomic E-state index is -0.211. The van der Waals surface area contributed by atoms with Crippen molar-refractivity contribution in [3.8, 4) is 11.5 Å². The Bertz CT molecular complexity index is 1030. The molecule has 1 N–H and O–H groups in total. The van der Waals surface area contributed by atoms with Crippen molar-refractivity contribution in [3.63, 3.8) is 0 Å². The molecule has 0 aliphatic rings. The fourth-order valence-electron chi connectivity index (χ4n) is 3.18. The van der Waals surface area contributed by atoms with E-state index in [4.69, 9.17) is 9.47 Å². The van der Waals surface area contributed by atoms with Crippen LogP contribution in [0.25, 0.3) is 0 Å². The number of hydrogen-bond donors (Lipinski definition) is 1. The Balaban J connectivity index is 1.71. The minimum absolute atomic E-state index is 0.111. The average molecular weight is 405 g/mol. The molecule has 0 radical (unpaired) electrons. The van der Waals surface area contributed by atoms with Gasteiger partial charge in [-0.05, 0) is 76.6 Å². The largest absolute Gasteiger partial charge is 0.457 e. The fraction of sp³-hybridized carbons (Fsp3) is 0.280. The van der Waals surface area contributed by atoms with Gasteiger partial charge in [0.1, 0.15) is 11.5 Å². The highest BCUT2D eigenvalue weighted by molar-refractivity contribution is 6.05. The van der Waals surface area contributed by atoms with Crippen LogP contribution in [0.15, 0.2) is 60.7 Å². The third-order valence-electron chi connectivity index (χ3n) is 4.56. The molecule has 0 saturated heterocycles. The first-order valence-electron chi connectivity index (χ1n) is 10.1. The number of ether oxygens (including phenoxy) is 2. The molecule has 0 spiro atoms. The molecular formula is C25H28N2O3. The lowest BCUT2D eigenvalue weighted by molar-refractivity contribution is 0.0154. The molecule has 0 aliphatic heterocycles. The fourth-order valence-corrected chi connectivity index (χ4v) is 3.18. The molecular weight excluding hydrogens is 376 g/mol. The predicted octanol–water partition coefficient (Wildman–Crippen LogP) is 6.23. The molecule has 5 heteroatoms. The zero-order valence-electron chi connectivity index (χ0n) is 18.1. The Morgan fingerprint density at radius 3 is 2.30 bits per heavy atom. The van der Waals surface area contributed by atoms with Crippen molar-refractivity contribution in [2.75, 3.05) is 5.32 Å². The van der Waals surface area contributed by atoms with Crippen LogP contribution in [0.1, 0.15) is 54.2 Å². The summed E-state index contributed by atoms with van der Waals surface area (Å²) in [6.45, 7) is 9.78. The number of carbonyl (C=O) groups excluding carboxylic acids is 1. The van der Waals surface area contributed by atoms with E-state index in [0.717, 1.165) is 17.0 Å². The van der Waals surface area contributed by atoms with E-state index < -0.39 is 0 Å².